The van der Waals surface area contributed by atoms with Gasteiger partial charge in [-0.3, -0.25) is 4.79 Å². The number of hydrogen-bond donors (Lipinski definition) is 0. The van der Waals surface area contributed by atoms with E-state index in [0.29, 0.717) is 11.4 Å². The molecule has 0 N–H and O–H groups in total. The van der Waals surface area contributed by atoms with Crippen LogP contribution in [0.1, 0.15) is 27.4 Å². The van der Waals surface area contributed by atoms with Gasteiger partial charge in [-0.15, -0.1) is 0 Å². The lowest BCUT2D eigenvalue weighted by Gasteiger charge is -2.18. The van der Waals surface area contributed by atoms with Crippen LogP contribution in [0.5, 0.6) is 5.88 Å². The third kappa shape index (κ3) is 3.14. The lowest BCUT2D eigenvalue weighted by Crippen LogP contribution is -2.16. The standard InChI is InChI=1S/C20H17NO2/c1-23-20-17(13-8-14-21-20)18(15-9-4-2-5-10-15)19(22)16-11-6-3-7-12-16/h2-14,18H,1H3. The Hall–Kier alpha value is -2.94. The average molecular weight is 303 g/mol. The number of ketones is 1. The van der Waals surface area contributed by atoms with E-state index in [0.717, 1.165) is 11.1 Å². The van der Waals surface area contributed by atoms with Crippen molar-refractivity contribution in [3.05, 3.63) is 95.7 Å². The van der Waals surface area contributed by atoms with Gasteiger partial charge in [0.25, 0.3) is 0 Å². The molecule has 3 nitrogen and oxygen atoms in total. The normalized spacial score (nSPS) is 11.7. The number of aromatic nitrogens is 1. The van der Waals surface area contributed by atoms with Gasteiger partial charge in [0.2, 0.25) is 5.88 Å². The van der Waals surface area contributed by atoms with Crippen molar-refractivity contribution in [3.8, 4) is 5.88 Å². The Morgan fingerprint density at radius 1 is 0.913 bits per heavy atom. The van der Waals surface area contributed by atoms with Crippen LogP contribution in [0.15, 0.2) is 79.0 Å². The van der Waals surface area contributed by atoms with Crippen molar-refractivity contribution in [3.63, 3.8) is 0 Å². The van der Waals surface area contributed by atoms with Crippen molar-refractivity contribution in [2.24, 2.45) is 0 Å². The fourth-order valence-electron chi connectivity index (χ4n) is 2.68. The highest BCUT2D eigenvalue weighted by atomic mass is 16.5. The first-order chi connectivity index (χ1) is 11.3. The average Bonchev–Trinajstić information content (AvgIpc) is 2.64. The Kier molecular flexibility index (Phi) is 4.48. The third-order valence-electron chi connectivity index (χ3n) is 3.76. The second-order valence-corrected chi connectivity index (χ2v) is 5.18. The Labute approximate surface area is 135 Å². The molecule has 114 valence electrons. The third-order valence-corrected chi connectivity index (χ3v) is 3.76. The molecule has 0 aliphatic carbocycles. The lowest BCUT2D eigenvalue weighted by atomic mass is 9.85. The number of methoxy groups -OCH3 is 1. The number of rotatable bonds is 5. The Morgan fingerprint density at radius 2 is 1.57 bits per heavy atom. The molecule has 0 radical (unpaired) electrons. The summed E-state index contributed by atoms with van der Waals surface area (Å²) < 4.78 is 5.37. The minimum absolute atomic E-state index is 0.0306. The first-order valence-corrected chi connectivity index (χ1v) is 7.44. The lowest BCUT2D eigenvalue weighted by molar-refractivity contribution is 0.0972. The first kappa shape index (κ1) is 15.0. The molecule has 0 saturated carbocycles. The molecular formula is C20H17NO2. The van der Waals surface area contributed by atoms with Gasteiger partial charge in [0.15, 0.2) is 5.78 Å². The molecule has 0 aliphatic rings. The van der Waals surface area contributed by atoms with Crippen LogP contribution in [-0.4, -0.2) is 17.9 Å². The first-order valence-electron chi connectivity index (χ1n) is 7.44. The van der Waals surface area contributed by atoms with Crippen molar-refractivity contribution < 1.29 is 9.53 Å². The van der Waals surface area contributed by atoms with E-state index in [1.807, 2.05) is 72.8 Å². The molecular weight excluding hydrogens is 286 g/mol. The molecule has 0 fully saturated rings. The molecule has 3 rings (SSSR count). The van der Waals surface area contributed by atoms with Crippen molar-refractivity contribution in [1.82, 2.24) is 4.98 Å². The van der Waals surface area contributed by atoms with Gasteiger partial charge in [-0.1, -0.05) is 66.7 Å². The second-order valence-electron chi connectivity index (χ2n) is 5.18. The highest BCUT2D eigenvalue weighted by Gasteiger charge is 2.27. The summed E-state index contributed by atoms with van der Waals surface area (Å²) >= 11 is 0. The fourth-order valence-corrected chi connectivity index (χ4v) is 2.68. The largest absolute Gasteiger partial charge is 0.481 e. The summed E-state index contributed by atoms with van der Waals surface area (Å²) in [6.45, 7) is 0. The monoisotopic (exact) mass is 303 g/mol. The molecule has 1 aromatic heterocycles. The summed E-state index contributed by atoms with van der Waals surface area (Å²) in [5, 5.41) is 0. The number of hydrogen-bond acceptors (Lipinski definition) is 3. The number of nitrogens with zero attached hydrogens (tertiary/aromatic N) is 1. The van der Waals surface area contributed by atoms with Crippen molar-refractivity contribution >= 4 is 5.78 Å². The molecule has 1 unspecified atom stereocenters. The van der Waals surface area contributed by atoms with Crippen LogP contribution in [0.3, 0.4) is 0 Å². The molecule has 0 saturated heterocycles. The van der Waals surface area contributed by atoms with Crippen LogP contribution in [-0.2, 0) is 0 Å². The molecule has 0 aliphatic heterocycles. The van der Waals surface area contributed by atoms with Gasteiger partial charge in [0.05, 0.1) is 13.0 Å². The number of benzene rings is 2. The summed E-state index contributed by atoms with van der Waals surface area (Å²) in [4.78, 5) is 17.4. The van der Waals surface area contributed by atoms with E-state index in [9.17, 15) is 4.79 Å². The van der Waals surface area contributed by atoms with E-state index in [1.54, 1.807) is 13.3 Å². The second kappa shape index (κ2) is 6.88. The maximum Gasteiger partial charge on any atom is 0.217 e. The number of Topliss-reactive ketones (excluding diaryl/α,β-unsaturated/α-hetero) is 1. The molecule has 0 bridgehead atoms. The minimum Gasteiger partial charge on any atom is -0.481 e. The molecule has 1 atom stereocenters. The quantitative estimate of drug-likeness (QED) is 0.666. The van der Waals surface area contributed by atoms with E-state index in [-0.39, 0.29) is 5.78 Å². The predicted octanol–water partition coefficient (Wildman–Crippen LogP) is 4.11. The highest BCUT2D eigenvalue weighted by Crippen LogP contribution is 2.33. The van der Waals surface area contributed by atoms with E-state index in [2.05, 4.69) is 4.98 Å². The number of ether oxygens (including phenoxy) is 1. The van der Waals surface area contributed by atoms with Gasteiger partial charge in [0.1, 0.15) is 0 Å². The zero-order valence-electron chi connectivity index (χ0n) is 12.8. The summed E-state index contributed by atoms with van der Waals surface area (Å²) in [7, 11) is 1.57. The SMILES string of the molecule is COc1ncccc1C(C(=O)c1ccccc1)c1ccccc1. The number of pyridine rings is 1. The molecule has 2 aromatic carbocycles. The maximum atomic E-state index is 13.1. The van der Waals surface area contributed by atoms with Crippen LogP contribution in [0.2, 0.25) is 0 Å². The zero-order chi connectivity index (χ0) is 16.1. The van der Waals surface area contributed by atoms with Crippen LogP contribution in [0.4, 0.5) is 0 Å². The highest BCUT2D eigenvalue weighted by molar-refractivity contribution is 6.03. The summed E-state index contributed by atoms with van der Waals surface area (Å²) in [5.41, 5.74) is 2.37. The summed E-state index contributed by atoms with van der Waals surface area (Å²) in [6.07, 6.45) is 1.66. The molecule has 1 heterocycles. The van der Waals surface area contributed by atoms with E-state index in [4.69, 9.17) is 4.74 Å². The van der Waals surface area contributed by atoms with Crippen LogP contribution in [0, 0.1) is 0 Å². The van der Waals surface area contributed by atoms with Crippen molar-refractivity contribution in [2.45, 2.75) is 5.92 Å². The smallest absolute Gasteiger partial charge is 0.217 e. The Bertz CT molecular complexity index is 785. The van der Waals surface area contributed by atoms with E-state index in [1.165, 1.54) is 0 Å². The van der Waals surface area contributed by atoms with Crippen molar-refractivity contribution in [1.29, 1.82) is 0 Å². The van der Waals surface area contributed by atoms with Gasteiger partial charge in [0, 0.05) is 17.3 Å². The van der Waals surface area contributed by atoms with Crippen LogP contribution >= 0.6 is 0 Å². The minimum atomic E-state index is -0.442. The van der Waals surface area contributed by atoms with E-state index < -0.39 is 5.92 Å². The fraction of sp³-hybridized carbons (Fsp3) is 0.100. The predicted molar refractivity (Wildman–Crippen MR) is 89.8 cm³/mol. The Balaban J connectivity index is 2.13. The Morgan fingerprint density at radius 3 is 2.22 bits per heavy atom. The molecule has 23 heavy (non-hydrogen) atoms. The summed E-state index contributed by atoms with van der Waals surface area (Å²) in [5.74, 6) is 0.0657. The molecule has 3 heteroatoms. The van der Waals surface area contributed by atoms with Crippen LogP contribution in [0.25, 0.3) is 0 Å². The van der Waals surface area contributed by atoms with Gasteiger partial charge >= 0.3 is 0 Å². The van der Waals surface area contributed by atoms with E-state index >= 15 is 0 Å². The van der Waals surface area contributed by atoms with Gasteiger partial charge < -0.3 is 4.74 Å². The van der Waals surface area contributed by atoms with Gasteiger partial charge in [-0.05, 0) is 11.6 Å². The van der Waals surface area contributed by atoms with Gasteiger partial charge in [-0.25, -0.2) is 4.98 Å². The number of carbonyl (C=O) groups excluding carboxylic acids is 1. The number of carbonyl (C=O) groups is 1. The zero-order valence-corrected chi connectivity index (χ0v) is 12.8. The molecule has 0 spiro atoms. The van der Waals surface area contributed by atoms with Gasteiger partial charge in [-0.2, -0.15) is 0 Å². The summed E-state index contributed by atoms with van der Waals surface area (Å²) in [6, 6.07) is 22.7. The van der Waals surface area contributed by atoms with Crippen LogP contribution < -0.4 is 4.74 Å². The maximum absolute atomic E-state index is 13.1. The molecule has 0 amide bonds. The molecule has 3 aromatic rings. The topological polar surface area (TPSA) is 39.2 Å². The van der Waals surface area contributed by atoms with Crippen molar-refractivity contribution in [2.75, 3.05) is 7.11 Å².